The standard InChI is InChI=1S/C11H15N3O3S/c12-18(16,17)10-3-1-9(2-4-10)11(15)14-7-5-13-6-8-14/h1-4,13H,5-8H2,(H2,12,16,17). The van der Waals surface area contributed by atoms with Crippen LogP contribution in [0.2, 0.25) is 0 Å². The molecule has 1 saturated heterocycles. The number of carbonyl (C=O) groups excluding carboxylic acids is 1. The molecular formula is C11H15N3O3S. The van der Waals surface area contributed by atoms with Crippen molar-refractivity contribution in [3.63, 3.8) is 0 Å². The molecule has 1 heterocycles. The number of nitrogens with two attached hydrogens (primary N) is 1. The first-order chi connectivity index (χ1) is 8.48. The van der Waals surface area contributed by atoms with Crippen molar-refractivity contribution in [2.45, 2.75) is 4.90 Å². The molecule has 2 rings (SSSR count). The van der Waals surface area contributed by atoms with Crippen molar-refractivity contribution < 1.29 is 13.2 Å². The Bertz CT molecular complexity index is 533. The molecule has 0 atom stereocenters. The maximum atomic E-state index is 12.1. The summed E-state index contributed by atoms with van der Waals surface area (Å²) in [6.45, 7) is 2.88. The van der Waals surface area contributed by atoms with Crippen LogP contribution in [0.25, 0.3) is 0 Å². The van der Waals surface area contributed by atoms with Crippen molar-refractivity contribution in [1.29, 1.82) is 0 Å². The van der Waals surface area contributed by atoms with E-state index in [0.29, 0.717) is 18.7 Å². The van der Waals surface area contributed by atoms with Crippen LogP contribution in [0, 0.1) is 0 Å². The molecule has 6 nitrogen and oxygen atoms in total. The Kier molecular flexibility index (Phi) is 3.65. The topological polar surface area (TPSA) is 92.5 Å². The zero-order valence-corrected chi connectivity index (χ0v) is 10.6. The summed E-state index contributed by atoms with van der Waals surface area (Å²) in [5.74, 6) is -0.0857. The second kappa shape index (κ2) is 5.05. The Morgan fingerprint density at radius 1 is 1.17 bits per heavy atom. The number of hydrogen-bond donors (Lipinski definition) is 2. The lowest BCUT2D eigenvalue weighted by molar-refractivity contribution is 0.0735. The van der Waals surface area contributed by atoms with Crippen LogP contribution in [-0.2, 0) is 10.0 Å². The molecule has 0 bridgehead atoms. The van der Waals surface area contributed by atoms with Gasteiger partial charge in [0.2, 0.25) is 10.0 Å². The molecule has 0 radical (unpaired) electrons. The lowest BCUT2D eigenvalue weighted by Crippen LogP contribution is -2.46. The number of sulfonamides is 1. The first-order valence-corrected chi connectivity index (χ1v) is 7.16. The van der Waals surface area contributed by atoms with Crippen LogP contribution in [0.15, 0.2) is 29.2 Å². The number of nitrogens with one attached hydrogen (secondary N) is 1. The molecule has 98 valence electrons. The van der Waals surface area contributed by atoms with Gasteiger partial charge in [0.05, 0.1) is 4.90 Å². The third kappa shape index (κ3) is 2.87. The number of rotatable bonds is 2. The molecule has 0 aliphatic carbocycles. The molecule has 1 aliphatic heterocycles. The molecule has 1 aromatic rings. The van der Waals surface area contributed by atoms with E-state index in [2.05, 4.69) is 5.32 Å². The third-order valence-corrected chi connectivity index (χ3v) is 3.76. The fraction of sp³-hybridized carbons (Fsp3) is 0.364. The summed E-state index contributed by atoms with van der Waals surface area (Å²) < 4.78 is 22.2. The quantitative estimate of drug-likeness (QED) is 0.748. The van der Waals surface area contributed by atoms with Crippen LogP contribution in [0.3, 0.4) is 0 Å². The minimum absolute atomic E-state index is 0.0133. The molecule has 1 aromatic carbocycles. The van der Waals surface area contributed by atoms with Crippen LogP contribution in [-0.4, -0.2) is 45.4 Å². The SMILES string of the molecule is NS(=O)(=O)c1ccc(C(=O)N2CCNCC2)cc1. The van der Waals surface area contributed by atoms with Gasteiger partial charge in [-0.05, 0) is 24.3 Å². The maximum Gasteiger partial charge on any atom is 0.253 e. The van der Waals surface area contributed by atoms with Crippen LogP contribution < -0.4 is 10.5 Å². The highest BCUT2D eigenvalue weighted by Gasteiger charge is 2.18. The summed E-state index contributed by atoms with van der Waals surface area (Å²) in [6.07, 6.45) is 0. The van der Waals surface area contributed by atoms with E-state index in [-0.39, 0.29) is 10.8 Å². The van der Waals surface area contributed by atoms with E-state index in [1.165, 1.54) is 24.3 Å². The van der Waals surface area contributed by atoms with Gasteiger partial charge in [-0.1, -0.05) is 0 Å². The second-order valence-corrected chi connectivity index (χ2v) is 5.67. The smallest absolute Gasteiger partial charge is 0.253 e. The summed E-state index contributed by atoms with van der Waals surface area (Å²) in [6, 6.07) is 5.68. The van der Waals surface area contributed by atoms with Gasteiger partial charge in [-0.3, -0.25) is 4.79 Å². The summed E-state index contributed by atoms with van der Waals surface area (Å²) >= 11 is 0. The lowest BCUT2D eigenvalue weighted by Gasteiger charge is -2.27. The van der Waals surface area contributed by atoms with Crippen molar-refractivity contribution in [3.8, 4) is 0 Å². The molecule has 3 N–H and O–H groups in total. The van der Waals surface area contributed by atoms with Gasteiger partial charge in [0.1, 0.15) is 0 Å². The van der Waals surface area contributed by atoms with Gasteiger partial charge in [-0.2, -0.15) is 0 Å². The van der Waals surface area contributed by atoms with Crippen molar-refractivity contribution in [1.82, 2.24) is 10.2 Å². The van der Waals surface area contributed by atoms with Gasteiger partial charge in [-0.25, -0.2) is 13.6 Å². The Labute approximate surface area is 106 Å². The van der Waals surface area contributed by atoms with Crippen molar-refractivity contribution in [2.24, 2.45) is 5.14 Å². The van der Waals surface area contributed by atoms with E-state index in [4.69, 9.17) is 5.14 Å². The lowest BCUT2D eigenvalue weighted by atomic mass is 10.2. The molecule has 0 saturated carbocycles. The van der Waals surface area contributed by atoms with E-state index in [0.717, 1.165) is 13.1 Å². The zero-order chi connectivity index (χ0) is 13.2. The van der Waals surface area contributed by atoms with E-state index < -0.39 is 10.0 Å². The molecule has 1 amide bonds. The average Bonchev–Trinajstić information content (AvgIpc) is 2.38. The summed E-state index contributed by atoms with van der Waals surface area (Å²) in [5.41, 5.74) is 0.476. The number of piperazine rings is 1. The van der Waals surface area contributed by atoms with Gasteiger partial charge in [0, 0.05) is 31.7 Å². The number of hydrogen-bond acceptors (Lipinski definition) is 4. The number of amides is 1. The summed E-state index contributed by atoms with van der Waals surface area (Å²) in [4.78, 5) is 13.8. The van der Waals surface area contributed by atoms with E-state index in [1.54, 1.807) is 4.90 Å². The molecule has 7 heteroatoms. The Balaban J connectivity index is 2.16. The van der Waals surface area contributed by atoms with Gasteiger partial charge >= 0.3 is 0 Å². The highest BCUT2D eigenvalue weighted by molar-refractivity contribution is 7.89. The minimum Gasteiger partial charge on any atom is -0.336 e. The number of primary sulfonamides is 1. The Morgan fingerprint density at radius 2 is 1.72 bits per heavy atom. The largest absolute Gasteiger partial charge is 0.336 e. The molecule has 1 aliphatic rings. The van der Waals surface area contributed by atoms with E-state index in [1.807, 2.05) is 0 Å². The molecule has 1 fully saturated rings. The molecule has 0 spiro atoms. The van der Waals surface area contributed by atoms with Crippen LogP contribution in [0.5, 0.6) is 0 Å². The summed E-state index contributed by atoms with van der Waals surface area (Å²) in [5, 5.41) is 8.15. The predicted molar refractivity (Wildman–Crippen MR) is 66.6 cm³/mol. The Morgan fingerprint density at radius 3 is 2.22 bits per heavy atom. The van der Waals surface area contributed by atoms with Crippen molar-refractivity contribution in [2.75, 3.05) is 26.2 Å². The highest BCUT2D eigenvalue weighted by atomic mass is 32.2. The monoisotopic (exact) mass is 269 g/mol. The normalized spacial score (nSPS) is 16.6. The molecule has 18 heavy (non-hydrogen) atoms. The van der Waals surface area contributed by atoms with Gasteiger partial charge in [0.25, 0.3) is 5.91 Å². The number of nitrogens with zero attached hydrogens (tertiary/aromatic N) is 1. The van der Waals surface area contributed by atoms with E-state index >= 15 is 0 Å². The van der Waals surface area contributed by atoms with Crippen LogP contribution in [0.1, 0.15) is 10.4 Å². The van der Waals surface area contributed by atoms with Gasteiger partial charge in [0.15, 0.2) is 0 Å². The average molecular weight is 269 g/mol. The first kappa shape index (κ1) is 13.0. The van der Waals surface area contributed by atoms with E-state index in [9.17, 15) is 13.2 Å². The maximum absolute atomic E-state index is 12.1. The second-order valence-electron chi connectivity index (χ2n) is 4.11. The van der Waals surface area contributed by atoms with Crippen molar-refractivity contribution in [3.05, 3.63) is 29.8 Å². The van der Waals surface area contributed by atoms with Crippen LogP contribution in [0.4, 0.5) is 0 Å². The van der Waals surface area contributed by atoms with Gasteiger partial charge in [-0.15, -0.1) is 0 Å². The van der Waals surface area contributed by atoms with Crippen LogP contribution >= 0.6 is 0 Å². The zero-order valence-electron chi connectivity index (χ0n) is 9.80. The minimum atomic E-state index is -3.71. The van der Waals surface area contributed by atoms with Crippen molar-refractivity contribution >= 4 is 15.9 Å². The fourth-order valence-electron chi connectivity index (χ4n) is 1.84. The van der Waals surface area contributed by atoms with Gasteiger partial charge < -0.3 is 10.2 Å². The number of carbonyl (C=O) groups is 1. The highest BCUT2D eigenvalue weighted by Crippen LogP contribution is 2.11. The molecule has 0 aromatic heterocycles. The fourth-order valence-corrected chi connectivity index (χ4v) is 2.35. The molecule has 0 unspecified atom stereocenters. The molecular weight excluding hydrogens is 254 g/mol. The number of benzene rings is 1. The first-order valence-electron chi connectivity index (χ1n) is 5.61. The third-order valence-electron chi connectivity index (χ3n) is 2.83. The Hall–Kier alpha value is -1.44. The predicted octanol–water partition coefficient (Wildman–Crippen LogP) is -0.621. The summed E-state index contributed by atoms with van der Waals surface area (Å²) in [7, 11) is -3.71.